The van der Waals surface area contributed by atoms with Crippen molar-refractivity contribution in [1.82, 2.24) is 20.1 Å². The van der Waals surface area contributed by atoms with Gasteiger partial charge in [0.1, 0.15) is 12.2 Å². The Hall–Kier alpha value is -0.940. The molecule has 5 heteroatoms. The monoisotopic (exact) mass is 184 g/mol. The zero-order valence-electron chi connectivity index (χ0n) is 8.16. The number of hydrogen-bond donors (Lipinski definition) is 1. The number of rotatable bonds is 6. The number of aromatic nitrogens is 3. The Labute approximate surface area is 78.1 Å². The highest BCUT2D eigenvalue weighted by atomic mass is 16.5. The van der Waals surface area contributed by atoms with E-state index >= 15 is 0 Å². The Morgan fingerprint density at radius 2 is 2.46 bits per heavy atom. The summed E-state index contributed by atoms with van der Waals surface area (Å²) < 4.78 is 6.93. The number of nitrogens with zero attached hydrogens (tertiary/aromatic N) is 3. The molecule has 0 amide bonds. The molecule has 0 bridgehead atoms. The van der Waals surface area contributed by atoms with Crippen LogP contribution >= 0.6 is 0 Å². The molecule has 1 rings (SSSR count). The molecule has 13 heavy (non-hydrogen) atoms. The van der Waals surface area contributed by atoms with Crippen LogP contribution in [0.25, 0.3) is 0 Å². The van der Waals surface area contributed by atoms with E-state index in [1.807, 2.05) is 4.57 Å². The summed E-state index contributed by atoms with van der Waals surface area (Å²) in [5.41, 5.74) is 0. The smallest absolute Gasteiger partial charge is 0.146 e. The fourth-order valence-electron chi connectivity index (χ4n) is 1.05. The molecule has 1 heterocycles. The summed E-state index contributed by atoms with van der Waals surface area (Å²) in [5.74, 6) is 0.971. The highest BCUT2D eigenvalue weighted by molar-refractivity contribution is 4.84. The largest absolute Gasteiger partial charge is 0.383 e. The third kappa shape index (κ3) is 3.12. The van der Waals surface area contributed by atoms with Gasteiger partial charge in [0.05, 0.1) is 13.2 Å². The average molecular weight is 184 g/mol. The highest BCUT2D eigenvalue weighted by Gasteiger charge is 2.00. The van der Waals surface area contributed by atoms with Crippen molar-refractivity contribution >= 4 is 0 Å². The van der Waals surface area contributed by atoms with Crippen LogP contribution in [-0.2, 0) is 17.8 Å². The van der Waals surface area contributed by atoms with Crippen LogP contribution in [0.3, 0.4) is 0 Å². The van der Waals surface area contributed by atoms with Crippen LogP contribution in [-0.4, -0.2) is 35.0 Å². The third-order valence-corrected chi connectivity index (χ3v) is 1.80. The molecule has 0 atom stereocenters. The van der Waals surface area contributed by atoms with Gasteiger partial charge in [0.15, 0.2) is 0 Å². The topological polar surface area (TPSA) is 52.0 Å². The van der Waals surface area contributed by atoms with Crippen LogP contribution in [0.4, 0.5) is 0 Å². The molecular formula is C8H16N4O. The van der Waals surface area contributed by atoms with E-state index < -0.39 is 0 Å². The van der Waals surface area contributed by atoms with Crippen molar-refractivity contribution in [2.75, 3.05) is 20.3 Å². The lowest BCUT2D eigenvalue weighted by Gasteiger charge is -2.04. The van der Waals surface area contributed by atoms with Crippen molar-refractivity contribution in [2.45, 2.75) is 20.0 Å². The van der Waals surface area contributed by atoms with Crippen LogP contribution < -0.4 is 5.32 Å². The molecule has 5 nitrogen and oxygen atoms in total. The van der Waals surface area contributed by atoms with Gasteiger partial charge >= 0.3 is 0 Å². The first kappa shape index (κ1) is 10.1. The van der Waals surface area contributed by atoms with Crippen LogP contribution in [0.15, 0.2) is 6.33 Å². The minimum atomic E-state index is 0.722. The van der Waals surface area contributed by atoms with Gasteiger partial charge in [-0.3, -0.25) is 0 Å². The van der Waals surface area contributed by atoms with E-state index in [9.17, 15) is 0 Å². The molecule has 0 spiro atoms. The van der Waals surface area contributed by atoms with Gasteiger partial charge in [0.25, 0.3) is 0 Å². The summed E-state index contributed by atoms with van der Waals surface area (Å²) in [4.78, 5) is 0. The van der Waals surface area contributed by atoms with E-state index in [4.69, 9.17) is 4.74 Å². The number of ether oxygens (including phenoxy) is 1. The van der Waals surface area contributed by atoms with Crippen molar-refractivity contribution in [2.24, 2.45) is 0 Å². The van der Waals surface area contributed by atoms with Crippen LogP contribution in [0.1, 0.15) is 12.7 Å². The quantitative estimate of drug-likeness (QED) is 0.634. The standard InChI is InChI=1S/C8H16N4O/c1-3-12-7-10-11-8(12)6-9-4-5-13-2/h7,9H,3-6H2,1-2H3. The zero-order chi connectivity index (χ0) is 9.52. The van der Waals surface area contributed by atoms with E-state index in [2.05, 4.69) is 22.4 Å². The molecule has 0 saturated carbocycles. The first-order valence-electron chi connectivity index (χ1n) is 4.44. The van der Waals surface area contributed by atoms with Gasteiger partial charge in [-0.2, -0.15) is 0 Å². The minimum Gasteiger partial charge on any atom is -0.383 e. The maximum Gasteiger partial charge on any atom is 0.146 e. The second-order valence-corrected chi connectivity index (χ2v) is 2.70. The van der Waals surface area contributed by atoms with Crippen LogP contribution in [0.2, 0.25) is 0 Å². The Morgan fingerprint density at radius 3 is 3.15 bits per heavy atom. The highest BCUT2D eigenvalue weighted by Crippen LogP contribution is 1.93. The second kappa shape index (κ2) is 5.66. The summed E-state index contributed by atoms with van der Waals surface area (Å²) >= 11 is 0. The molecule has 0 radical (unpaired) electrons. The van der Waals surface area contributed by atoms with Gasteiger partial charge in [-0.25, -0.2) is 0 Å². The minimum absolute atomic E-state index is 0.722. The number of aryl methyl sites for hydroxylation is 1. The maximum absolute atomic E-state index is 4.91. The molecule has 0 aromatic carbocycles. The molecule has 0 saturated heterocycles. The Morgan fingerprint density at radius 1 is 1.62 bits per heavy atom. The summed E-state index contributed by atoms with van der Waals surface area (Å²) in [6, 6.07) is 0. The molecule has 0 unspecified atom stereocenters. The number of hydrogen-bond acceptors (Lipinski definition) is 4. The van der Waals surface area contributed by atoms with Crippen molar-refractivity contribution in [1.29, 1.82) is 0 Å². The second-order valence-electron chi connectivity index (χ2n) is 2.70. The van der Waals surface area contributed by atoms with Gasteiger partial charge in [0.2, 0.25) is 0 Å². The van der Waals surface area contributed by atoms with Crippen molar-refractivity contribution < 1.29 is 4.74 Å². The lowest BCUT2D eigenvalue weighted by Crippen LogP contribution is -2.20. The van der Waals surface area contributed by atoms with Gasteiger partial charge in [0, 0.05) is 20.2 Å². The Bertz CT molecular complexity index is 236. The fraction of sp³-hybridized carbons (Fsp3) is 0.750. The molecule has 0 fully saturated rings. The van der Waals surface area contributed by atoms with Crippen molar-refractivity contribution in [3.05, 3.63) is 12.2 Å². The fourth-order valence-corrected chi connectivity index (χ4v) is 1.05. The first-order chi connectivity index (χ1) is 6.38. The molecular weight excluding hydrogens is 168 g/mol. The predicted molar refractivity (Wildman–Crippen MR) is 49.3 cm³/mol. The molecule has 0 aliphatic heterocycles. The average Bonchev–Trinajstić information content (AvgIpc) is 2.60. The number of nitrogens with one attached hydrogen (secondary N) is 1. The van der Waals surface area contributed by atoms with Crippen molar-refractivity contribution in [3.63, 3.8) is 0 Å². The molecule has 1 aromatic heterocycles. The number of methoxy groups -OCH3 is 1. The lowest BCUT2D eigenvalue weighted by atomic mass is 10.5. The molecule has 0 aliphatic rings. The molecule has 0 aliphatic carbocycles. The third-order valence-electron chi connectivity index (χ3n) is 1.80. The SMILES string of the molecule is CCn1cnnc1CNCCOC. The van der Waals surface area contributed by atoms with E-state index in [-0.39, 0.29) is 0 Å². The maximum atomic E-state index is 4.91. The summed E-state index contributed by atoms with van der Waals surface area (Å²) in [6.07, 6.45) is 1.74. The van der Waals surface area contributed by atoms with E-state index in [0.29, 0.717) is 0 Å². The van der Waals surface area contributed by atoms with E-state index in [1.165, 1.54) is 0 Å². The van der Waals surface area contributed by atoms with Gasteiger partial charge in [-0.05, 0) is 6.92 Å². The van der Waals surface area contributed by atoms with E-state index in [1.54, 1.807) is 13.4 Å². The summed E-state index contributed by atoms with van der Waals surface area (Å²) in [7, 11) is 1.69. The zero-order valence-corrected chi connectivity index (χ0v) is 8.16. The molecule has 1 aromatic rings. The summed E-state index contributed by atoms with van der Waals surface area (Å²) in [5, 5.41) is 11.0. The molecule has 1 N–H and O–H groups in total. The van der Waals surface area contributed by atoms with Gasteiger partial charge in [-0.15, -0.1) is 10.2 Å². The predicted octanol–water partition coefficient (Wildman–Crippen LogP) is 0.0340. The normalized spacial score (nSPS) is 10.6. The van der Waals surface area contributed by atoms with Crippen LogP contribution in [0, 0.1) is 0 Å². The van der Waals surface area contributed by atoms with Gasteiger partial charge < -0.3 is 14.6 Å². The Balaban J connectivity index is 2.27. The molecule has 74 valence electrons. The van der Waals surface area contributed by atoms with Crippen molar-refractivity contribution in [3.8, 4) is 0 Å². The van der Waals surface area contributed by atoms with Gasteiger partial charge in [-0.1, -0.05) is 0 Å². The Kier molecular flexibility index (Phi) is 4.42. The van der Waals surface area contributed by atoms with E-state index in [0.717, 1.165) is 32.1 Å². The first-order valence-corrected chi connectivity index (χ1v) is 4.44. The summed E-state index contributed by atoms with van der Waals surface area (Å²) in [6.45, 7) is 5.29. The van der Waals surface area contributed by atoms with Crippen LogP contribution in [0.5, 0.6) is 0 Å². The lowest BCUT2D eigenvalue weighted by molar-refractivity contribution is 0.199.